The average Bonchev–Trinajstić information content (AvgIpc) is 2.82. The molecule has 0 saturated heterocycles. The lowest BCUT2D eigenvalue weighted by atomic mass is 10.2. The van der Waals surface area contributed by atoms with Crippen molar-refractivity contribution in [3.05, 3.63) is 43.0 Å². The highest BCUT2D eigenvalue weighted by atomic mass is 15.3. The van der Waals surface area contributed by atoms with Crippen molar-refractivity contribution < 1.29 is 0 Å². The van der Waals surface area contributed by atoms with Gasteiger partial charge in [0.25, 0.3) is 0 Å². The molecule has 2 heterocycles. The van der Waals surface area contributed by atoms with Crippen molar-refractivity contribution in [2.24, 2.45) is 0 Å². The molecule has 5 heteroatoms. The lowest BCUT2D eigenvalue weighted by Gasteiger charge is -2.10. The molecule has 2 aromatic heterocycles. The lowest BCUT2D eigenvalue weighted by Crippen LogP contribution is -2.09. The Balaban J connectivity index is 2.11. The fourth-order valence-electron chi connectivity index (χ4n) is 2.02. The predicted octanol–water partition coefficient (Wildman–Crippen LogP) is 2.64. The molecule has 0 aliphatic rings. The third-order valence-corrected chi connectivity index (χ3v) is 2.79. The summed E-state index contributed by atoms with van der Waals surface area (Å²) in [5.41, 5.74) is 2.10. The Morgan fingerprint density at radius 3 is 2.79 bits per heavy atom. The van der Waals surface area contributed by atoms with Crippen molar-refractivity contribution in [2.45, 2.75) is 19.9 Å². The maximum absolute atomic E-state index is 4.37. The van der Waals surface area contributed by atoms with Crippen LogP contribution >= 0.6 is 0 Å². The molecular formula is C14H15N5. The minimum Gasteiger partial charge on any atom is -0.383 e. The van der Waals surface area contributed by atoms with Crippen LogP contribution < -0.4 is 5.32 Å². The maximum Gasteiger partial charge on any atom is 0.172 e. The van der Waals surface area contributed by atoms with Gasteiger partial charge in [-0.25, -0.2) is 9.67 Å². The van der Waals surface area contributed by atoms with Crippen molar-refractivity contribution >= 4 is 16.6 Å². The van der Waals surface area contributed by atoms with Gasteiger partial charge in [-0.2, -0.15) is 5.10 Å². The van der Waals surface area contributed by atoms with E-state index in [1.807, 2.05) is 6.20 Å². The Hall–Kier alpha value is -2.43. The molecule has 0 saturated carbocycles. The fraction of sp³-hybridized carbons (Fsp3) is 0.214. The normalized spacial score (nSPS) is 11.1. The second-order valence-corrected chi connectivity index (χ2v) is 4.69. The Bertz CT molecular complexity index is 687. The van der Waals surface area contributed by atoms with Crippen LogP contribution in [0.25, 0.3) is 16.7 Å². The zero-order valence-corrected chi connectivity index (χ0v) is 10.9. The molecular weight excluding hydrogens is 238 g/mol. The highest BCUT2D eigenvalue weighted by Gasteiger charge is 2.07. The first-order valence-corrected chi connectivity index (χ1v) is 6.25. The van der Waals surface area contributed by atoms with Gasteiger partial charge in [-0.3, -0.25) is 4.98 Å². The summed E-state index contributed by atoms with van der Waals surface area (Å²) in [5.74, 6) is 0.721. The number of rotatable bonds is 3. The first-order valence-electron chi connectivity index (χ1n) is 6.25. The van der Waals surface area contributed by atoms with Gasteiger partial charge in [0.1, 0.15) is 0 Å². The Kier molecular flexibility index (Phi) is 2.87. The molecule has 0 unspecified atom stereocenters. The monoisotopic (exact) mass is 253 g/mol. The summed E-state index contributed by atoms with van der Waals surface area (Å²) in [6.45, 7) is 4.23. The Labute approximate surface area is 111 Å². The van der Waals surface area contributed by atoms with E-state index in [1.165, 1.54) is 0 Å². The quantitative estimate of drug-likeness (QED) is 0.779. The van der Waals surface area contributed by atoms with E-state index in [4.69, 9.17) is 0 Å². The standard InChI is InChI=1S/C14H15N5/c1-10(2)18-12-4-3-11-8-17-19(13(11)7-12)14-9-15-5-6-16-14/h3-10,18H,1-2H3. The molecule has 0 spiro atoms. The van der Waals surface area contributed by atoms with Crippen LogP contribution in [-0.2, 0) is 0 Å². The first kappa shape index (κ1) is 11.6. The summed E-state index contributed by atoms with van der Waals surface area (Å²) in [6, 6.07) is 6.59. The van der Waals surface area contributed by atoms with Crippen molar-refractivity contribution in [3.8, 4) is 5.82 Å². The molecule has 1 aromatic carbocycles. The molecule has 0 radical (unpaired) electrons. The first-order chi connectivity index (χ1) is 9.24. The van der Waals surface area contributed by atoms with Gasteiger partial charge >= 0.3 is 0 Å². The summed E-state index contributed by atoms with van der Waals surface area (Å²) < 4.78 is 1.80. The maximum atomic E-state index is 4.37. The number of nitrogens with one attached hydrogen (secondary N) is 1. The number of hydrogen-bond acceptors (Lipinski definition) is 4. The highest BCUT2D eigenvalue weighted by molar-refractivity contribution is 5.83. The molecule has 0 bridgehead atoms. The van der Waals surface area contributed by atoms with E-state index in [-0.39, 0.29) is 0 Å². The number of anilines is 1. The molecule has 0 atom stereocenters. The summed E-state index contributed by atoms with van der Waals surface area (Å²) >= 11 is 0. The average molecular weight is 253 g/mol. The number of hydrogen-bond donors (Lipinski definition) is 1. The van der Waals surface area contributed by atoms with E-state index in [0.717, 1.165) is 22.4 Å². The lowest BCUT2D eigenvalue weighted by molar-refractivity contribution is 0.863. The predicted molar refractivity (Wildman–Crippen MR) is 75.4 cm³/mol. The topological polar surface area (TPSA) is 55.6 Å². The number of fused-ring (bicyclic) bond motifs is 1. The summed E-state index contributed by atoms with van der Waals surface area (Å²) in [4.78, 5) is 8.36. The molecule has 3 aromatic rings. The van der Waals surface area contributed by atoms with Crippen LogP contribution in [0.4, 0.5) is 5.69 Å². The third kappa shape index (κ3) is 2.27. The van der Waals surface area contributed by atoms with Crippen LogP contribution in [0.15, 0.2) is 43.0 Å². The van der Waals surface area contributed by atoms with E-state index in [0.29, 0.717) is 6.04 Å². The minimum atomic E-state index is 0.394. The number of benzene rings is 1. The second kappa shape index (κ2) is 4.68. The highest BCUT2D eigenvalue weighted by Crippen LogP contribution is 2.21. The largest absolute Gasteiger partial charge is 0.383 e. The molecule has 96 valence electrons. The van der Waals surface area contributed by atoms with Gasteiger partial charge < -0.3 is 5.32 Å². The SMILES string of the molecule is CC(C)Nc1ccc2cnn(-c3cnccn3)c2c1. The molecule has 0 aliphatic carbocycles. The van der Waals surface area contributed by atoms with E-state index < -0.39 is 0 Å². The van der Waals surface area contributed by atoms with Gasteiger partial charge in [0.2, 0.25) is 0 Å². The van der Waals surface area contributed by atoms with E-state index >= 15 is 0 Å². The van der Waals surface area contributed by atoms with Crippen molar-refractivity contribution in [2.75, 3.05) is 5.32 Å². The zero-order valence-electron chi connectivity index (χ0n) is 10.9. The number of aromatic nitrogens is 4. The van der Waals surface area contributed by atoms with Crippen LogP contribution in [-0.4, -0.2) is 25.8 Å². The van der Waals surface area contributed by atoms with E-state index in [2.05, 4.69) is 52.4 Å². The Morgan fingerprint density at radius 2 is 2.05 bits per heavy atom. The van der Waals surface area contributed by atoms with Gasteiger partial charge in [0.05, 0.1) is 17.9 Å². The second-order valence-electron chi connectivity index (χ2n) is 4.69. The van der Waals surface area contributed by atoms with Gasteiger partial charge in [-0.15, -0.1) is 0 Å². The third-order valence-electron chi connectivity index (χ3n) is 2.79. The molecule has 1 N–H and O–H groups in total. The molecule has 0 aliphatic heterocycles. The molecule has 3 rings (SSSR count). The molecule has 5 nitrogen and oxygen atoms in total. The van der Waals surface area contributed by atoms with Crippen LogP contribution in [0.2, 0.25) is 0 Å². The van der Waals surface area contributed by atoms with Crippen LogP contribution in [0.1, 0.15) is 13.8 Å². The molecule has 0 fully saturated rings. The molecule has 19 heavy (non-hydrogen) atoms. The van der Waals surface area contributed by atoms with Gasteiger partial charge in [-0.05, 0) is 32.0 Å². The summed E-state index contributed by atoms with van der Waals surface area (Å²) in [6.07, 6.45) is 6.86. The van der Waals surface area contributed by atoms with Crippen LogP contribution in [0.3, 0.4) is 0 Å². The molecule has 0 amide bonds. The van der Waals surface area contributed by atoms with E-state index in [9.17, 15) is 0 Å². The smallest absolute Gasteiger partial charge is 0.172 e. The minimum absolute atomic E-state index is 0.394. The van der Waals surface area contributed by atoms with E-state index in [1.54, 1.807) is 23.3 Å². The van der Waals surface area contributed by atoms with Crippen molar-refractivity contribution in [3.63, 3.8) is 0 Å². The number of nitrogens with zero attached hydrogens (tertiary/aromatic N) is 4. The summed E-state index contributed by atoms with van der Waals surface area (Å²) in [7, 11) is 0. The zero-order chi connectivity index (χ0) is 13.2. The van der Waals surface area contributed by atoms with Crippen molar-refractivity contribution in [1.29, 1.82) is 0 Å². The van der Waals surface area contributed by atoms with Crippen LogP contribution in [0.5, 0.6) is 0 Å². The van der Waals surface area contributed by atoms with Crippen LogP contribution in [0, 0.1) is 0 Å². The van der Waals surface area contributed by atoms with Gasteiger partial charge in [0.15, 0.2) is 5.82 Å². The van der Waals surface area contributed by atoms with Gasteiger partial charge in [-0.1, -0.05) is 0 Å². The van der Waals surface area contributed by atoms with Crippen molar-refractivity contribution in [1.82, 2.24) is 19.7 Å². The fourth-order valence-corrected chi connectivity index (χ4v) is 2.02. The Morgan fingerprint density at radius 1 is 1.16 bits per heavy atom. The van der Waals surface area contributed by atoms with Gasteiger partial charge in [0, 0.05) is 29.5 Å². The summed E-state index contributed by atoms with van der Waals surface area (Å²) in [5, 5.41) is 8.84.